The molecule has 0 bridgehead atoms. The van der Waals surface area contributed by atoms with Gasteiger partial charge in [-0.05, 0) is 104 Å². The van der Waals surface area contributed by atoms with Crippen LogP contribution in [0.15, 0.2) is 174 Å². The van der Waals surface area contributed by atoms with Crippen molar-refractivity contribution < 1.29 is 0 Å². The molecule has 4 heterocycles. The Balaban J connectivity index is 1.21. The second kappa shape index (κ2) is 10.9. The molecule has 0 saturated heterocycles. The van der Waals surface area contributed by atoms with E-state index in [4.69, 9.17) is 9.97 Å². The lowest BCUT2D eigenvalue weighted by molar-refractivity contribution is 0.704. The van der Waals surface area contributed by atoms with Crippen LogP contribution in [0.2, 0.25) is 0 Å². The van der Waals surface area contributed by atoms with Crippen molar-refractivity contribution in [3.05, 3.63) is 197 Å². The fraction of sp³-hybridized carbons (Fsp3) is 0.0213. The maximum absolute atomic E-state index is 4.82. The number of hydrogen-bond acceptors (Lipinski definition) is 3. The van der Waals surface area contributed by atoms with Gasteiger partial charge in [-0.25, -0.2) is 9.97 Å². The molecule has 1 atom stereocenters. The Labute approximate surface area is 299 Å². The van der Waals surface area contributed by atoms with Crippen LogP contribution in [-0.4, -0.2) is 14.5 Å². The van der Waals surface area contributed by atoms with Gasteiger partial charge in [0.15, 0.2) is 0 Å². The van der Waals surface area contributed by atoms with Crippen molar-refractivity contribution in [2.75, 3.05) is 0 Å². The molecule has 0 radical (unpaired) electrons. The lowest BCUT2D eigenvalue weighted by Crippen LogP contribution is -2.35. The monoisotopic (exact) mass is 667 g/mol. The SMILES string of the molecule is C1=Cc2ccc(-c3ccc4c(c3)c3cccnc3n4-c3ccccn3)cc2C2(c3ccccc31)c1ccccc1Sc1c2ccc2ccccc12. The van der Waals surface area contributed by atoms with E-state index in [-0.39, 0.29) is 0 Å². The summed E-state index contributed by atoms with van der Waals surface area (Å²) in [5, 5.41) is 4.83. The molecule has 238 valence electrons. The first kappa shape index (κ1) is 28.6. The Hall–Kier alpha value is -6.23. The van der Waals surface area contributed by atoms with Crippen molar-refractivity contribution >= 4 is 56.6 Å². The molecule has 3 nitrogen and oxygen atoms in total. The first-order valence-corrected chi connectivity index (χ1v) is 18.1. The van der Waals surface area contributed by atoms with E-state index in [0.29, 0.717) is 0 Å². The molecule has 1 spiro atoms. The van der Waals surface area contributed by atoms with Crippen LogP contribution in [0, 0.1) is 0 Å². The van der Waals surface area contributed by atoms with Crippen LogP contribution < -0.4 is 0 Å². The summed E-state index contributed by atoms with van der Waals surface area (Å²) >= 11 is 1.91. The Kier molecular flexibility index (Phi) is 6.10. The zero-order valence-corrected chi connectivity index (χ0v) is 28.3. The van der Waals surface area contributed by atoms with Crippen LogP contribution in [0.25, 0.3) is 61.8 Å². The van der Waals surface area contributed by atoms with E-state index in [1.54, 1.807) is 0 Å². The molecule has 3 aromatic heterocycles. The minimum Gasteiger partial charge on any atom is -0.278 e. The van der Waals surface area contributed by atoms with Crippen LogP contribution in [-0.2, 0) is 5.41 Å². The summed E-state index contributed by atoms with van der Waals surface area (Å²) < 4.78 is 2.17. The van der Waals surface area contributed by atoms with Crippen LogP contribution in [0.5, 0.6) is 0 Å². The van der Waals surface area contributed by atoms with E-state index in [0.717, 1.165) is 27.8 Å². The summed E-state index contributed by atoms with van der Waals surface area (Å²) in [6, 6.07) is 55.6. The predicted molar refractivity (Wildman–Crippen MR) is 211 cm³/mol. The summed E-state index contributed by atoms with van der Waals surface area (Å²) in [5.41, 5.74) is 11.6. The Morgan fingerprint density at radius 2 is 1.24 bits per heavy atom. The lowest BCUT2D eigenvalue weighted by Gasteiger charge is -2.43. The fourth-order valence-corrected chi connectivity index (χ4v) is 9.93. The highest BCUT2D eigenvalue weighted by Crippen LogP contribution is 2.59. The van der Waals surface area contributed by atoms with E-state index >= 15 is 0 Å². The van der Waals surface area contributed by atoms with Crippen LogP contribution in [0.4, 0.5) is 0 Å². The van der Waals surface area contributed by atoms with E-state index in [1.807, 2.05) is 48.4 Å². The molecular formula is C47H29N3S. The van der Waals surface area contributed by atoms with Crippen molar-refractivity contribution in [3.8, 4) is 16.9 Å². The van der Waals surface area contributed by atoms with Crippen LogP contribution in [0.3, 0.4) is 0 Å². The minimum absolute atomic E-state index is 0.532. The predicted octanol–water partition coefficient (Wildman–Crippen LogP) is 11.7. The smallest absolute Gasteiger partial charge is 0.146 e. The van der Waals surface area contributed by atoms with Gasteiger partial charge in [0.1, 0.15) is 11.5 Å². The minimum atomic E-state index is -0.532. The maximum atomic E-state index is 4.82. The molecule has 11 rings (SSSR count). The van der Waals surface area contributed by atoms with Gasteiger partial charge in [0.05, 0.1) is 10.9 Å². The topological polar surface area (TPSA) is 30.7 Å². The summed E-state index contributed by atoms with van der Waals surface area (Å²) in [4.78, 5) is 12.1. The van der Waals surface area contributed by atoms with Gasteiger partial charge in [-0.15, -0.1) is 0 Å². The van der Waals surface area contributed by atoms with Crippen molar-refractivity contribution in [1.29, 1.82) is 0 Å². The highest BCUT2D eigenvalue weighted by molar-refractivity contribution is 7.99. The van der Waals surface area contributed by atoms with E-state index in [9.17, 15) is 0 Å². The standard InChI is InChI=1S/C47H29N3S/c1-3-12-35-30(10-1)22-24-40-45(35)51-43-16-6-5-15-39(43)47(40)38-14-4-2-11-31(38)18-19-32-20-21-34(29-41(32)47)33-23-25-42-37(28-33)36-13-9-27-49-46(36)50(42)44-17-7-8-26-48-44/h1-29H. The van der Waals surface area contributed by atoms with Crippen molar-refractivity contribution in [2.45, 2.75) is 15.2 Å². The summed E-state index contributed by atoms with van der Waals surface area (Å²) in [6.45, 7) is 0. The molecule has 51 heavy (non-hydrogen) atoms. The van der Waals surface area contributed by atoms with Gasteiger partial charge in [0, 0.05) is 33.0 Å². The number of benzene rings is 6. The Morgan fingerprint density at radius 3 is 2.16 bits per heavy atom. The third kappa shape index (κ3) is 4.02. The van der Waals surface area contributed by atoms with Gasteiger partial charge in [0.2, 0.25) is 0 Å². The molecule has 2 aliphatic rings. The molecule has 0 N–H and O–H groups in total. The van der Waals surface area contributed by atoms with Gasteiger partial charge in [-0.1, -0.05) is 127 Å². The number of pyridine rings is 2. The largest absolute Gasteiger partial charge is 0.278 e. The third-order valence-electron chi connectivity index (χ3n) is 10.8. The molecule has 4 heteroatoms. The summed E-state index contributed by atoms with van der Waals surface area (Å²) in [5.74, 6) is 0.862. The first-order valence-electron chi connectivity index (χ1n) is 17.3. The highest BCUT2D eigenvalue weighted by atomic mass is 32.2. The lowest BCUT2D eigenvalue weighted by atomic mass is 9.63. The van der Waals surface area contributed by atoms with Gasteiger partial charge in [0.25, 0.3) is 0 Å². The molecule has 1 unspecified atom stereocenters. The van der Waals surface area contributed by atoms with Crippen LogP contribution in [0.1, 0.15) is 33.4 Å². The Bertz CT molecular complexity index is 2900. The zero-order valence-electron chi connectivity index (χ0n) is 27.5. The van der Waals surface area contributed by atoms with E-state index in [2.05, 4.69) is 144 Å². The van der Waals surface area contributed by atoms with Gasteiger partial charge in [-0.3, -0.25) is 4.57 Å². The summed E-state index contributed by atoms with van der Waals surface area (Å²) in [6.07, 6.45) is 8.32. The maximum Gasteiger partial charge on any atom is 0.146 e. The average molecular weight is 668 g/mol. The molecule has 0 saturated carbocycles. The normalized spacial score (nSPS) is 15.8. The highest BCUT2D eigenvalue weighted by Gasteiger charge is 2.47. The number of aromatic nitrogens is 3. The fourth-order valence-electron chi connectivity index (χ4n) is 8.61. The molecule has 0 fully saturated rings. The van der Waals surface area contributed by atoms with E-state index < -0.39 is 5.41 Å². The second-order valence-corrected chi connectivity index (χ2v) is 14.4. The Morgan fingerprint density at radius 1 is 0.490 bits per heavy atom. The number of fused-ring (bicyclic) bond motifs is 13. The van der Waals surface area contributed by atoms with Gasteiger partial charge < -0.3 is 0 Å². The van der Waals surface area contributed by atoms with Crippen molar-refractivity contribution in [3.63, 3.8) is 0 Å². The van der Waals surface area contributed by atoms with Crippen molar-refractivity contribution in [2.24, 2.45) is 0 Å². The quantitative estimate of drug-likeness (QED) is 0.184. The number of rotatable bonds is 2. The second-order valence-electron chi connectivity index (χ2n) is 13.4. The van der Waals surface area contributed by atoms with Crippen molar-refractivity contribution in [1.82, 2.24) is 14.5 Å². The third-order valence-corrected chi connectivity index (χ3v) is 12.0. The molecule has 0 amide bonds. The first-order chi connectivity index (χ1) is 25.3. The molecular weight excluding hydrogens is 639 g/mol. The molecule has 9 aromatic rings. The van der Waals surface area contributed by atoms with E-state index in [1.165, 1.54) is 65.1 Å². The molecule has 6 aromatic carbocycles. The molecule has 1 aliphatic carbocycles. The zero-order chi connectivity index (χ0) is 33.5. The summed E-state index contributed by atoms with van der Waals surface area (Å²) in [7, 11) is 0. The van der Waals surface area contributed by atoms with Gasteiger partial charge >= 0.3 is 0 Å². The number of hydrogen-bond donors (Lipinski definition) is 0. The van der Waals surface area contributed by atoms with Gasteiger partial charge in [-0.2, -0.15) is 0 Å². The molecule has 1 aliphatic heterocycles. The number of nitrogens with zero attached hydrogens (tertiary/aromatic N) is 3. The average Bonchev–Trinajstić information content (AvgIpc) is 3.45. The van der Waals surface area contributed by atoms with Crippen LogP contribution >= 0.6 is 11.8 Å².